The minimum Gasteiger partial charge on any atom is -0.412 e. The SMILES string of the molecule is CC1(O)CCC(O)C(O)C(O)C1.O.O. The van der Waals surface area contributed by atoms with Crippen LogP contribution in [0.5, 0.6) is 0 Å². The first-order chi connectivity index (χ1) is 5.42. The molecule has 0 aliphatic heterocycles. The maximum Gasteiger partial charge on any atom is 0.106 e. The van der Waals surface area contributed by atoms with Crippen LogP contribution in [0.4, 0.5) is 0 Å². The minimum atomic E-state index is -1.13. The van der Waals surface area contributed by atoms with E-state index in [1.54, 1.807) is 6.92 Å². The minimum absolute atomic E-state index is 0. The van der Waals surface area contributed by atoms with E-state index in [2.05, 4.69) is 0 Å². The van der Waals surface area contributed by atoms with Gasteiger partial charge in [0, 0.05) is 6.42 Å². The maximum atomic E-state index is 9.58. The molecule has 6 nitrogen and oxygen atoms in total. The van der Waals surface area contributed by atoms with Crippen LogP contribution in [0.3, 0.4) is 0 Å². The lowest BCUT2D eigenvalue weighted by Gasteiger charge is -2.23. The van der Waals surface area contributed by atoms with Crippen molar-refractivity contribution in [1.82, 2.24) is 0 Å². The van der Waals surface area contributed by atoms with Crippen molar-refractivity contribution >= 4 is 0 Å². The number of rotatable bonds is 0. The van der Waals surface area contributed by atoms with E-state index >= 15 is 0 Å². The van der Waals surface area contributed by atoms with Gasteiger partial charge in [0.1, 0.15) is 6.10 Å². The number of hydrogen-bond acceptors (Lipinski definition) is 4. The van der Waals surface area contributed by atoms with Crippen molar-refractivity contribution in [1.29, 1.82) is 0 Å². The van der Waals surface area contributed by atoms with Crippen LogP contribution in [0.2, 0.25) is 0 Å². The Kier molecular flexibility index (Phi) is 6.47. The molecule has 0 bridgehead atoms. The Hall–Kier alpha value is -0.240. The van der Waals surface area contributed by atoms with Crippen LogP contribution in [0, 0.1) is 0 Å². The third-order valence-corrected chi connectivity index (χ3v) is 2.42. The quantitative estimate of drug-likeness (QED) is 0.325. The molecule has 1 aliphatic rings. The van der Waals surface area contributed by atoms with Gasteiger partial charge in [-0.25, -0.2) is 0 Å². The molecule has 88 valence electrons. The van der Waals surface area contributed by atoms with Crippen molar-refractivity contribution in [2.75, 3.05) is 0 Å². The zero-order valence-corrected chi connectivity index (χ0v) is 8.14. The average Bonchev–Trinajstić information content (AvgIpc) is 2.03. The fraction of sp³-hybridized carbons (Fsp3) is 1.00. The van der Waals surface area contributed by atoms with Gasteiger partial charge in [-0.2, -0.15) is 0 Å². The molecule has 0 aromatic carbocycles. The van der Waals surface area contributed by atoms with Gasteiger partial charge in [0.05, 0.1) is 17.8 Å². The van der Waals surface area contributed by atoms with Gasteiger partial charge in [-0.15, -0.1) is 0 Å². The van der Waals surface area contributed by atoms with Gasteiger partial charge in [0.15, 0.2) is 0 Å². The first-order valence-electron chi connectivity index (χ1n) is 4.19. The highest BCUT2D eigenvalue weighted by molar-refractivity contribution is 4.88. The molecule has 4 atom stereocenters. The Morgan fingerprint density at radius 1 is 1.07 bits per heavy atom. The van der Waals surface area contributed by atoms with Gasteiger partial charge in [0.2, 0.25) is 0 Å². The van der Waals surface area contributed by atoms with Crippen LogP contribution in [-0.4, -0.2) is 55.3 Å². The standard InChI is InChI=1S/C8H16O4.2H2O/c1-8(12)3-2-5(9)7(11)6(10)4-8;;/h5-7,9-12H,2-4H2,1H3;2*1H2. The molecule has 0 radical (unpaired) electrons. The van der Waals surface area contributed by atoms with Crippen molar-refractivity contribution in [3.63, 3.8) is 0 Å². The molecule has 1 rings (SSSR count). The summed E-state index contributed by atoms with van der Waals surface area (Å²) in [5, 5.41) is 37.4. The van der Waals surface area contributed by atoms with E-state index in [-0.39, 0.29) is 17.4 Å². The van der Waals surface area contributed by atoms with Crippen molar-refractivity contribution in [3.8, 4) is 0 Å². The number of aliphatic hydroxyl groups excluding tert-OH is 3. The molecular weight excluding hydrogens is 192 g/mol. The first-order valence-corrected chi connectivity index (χ1v) is 4.19. The van der Waals surface area contributed by atoms with Gasteiger partial charge in [0.25, 0.3) is 0 Å². The molecule has 0 heterocycles. The molecule has 8 N–H and O–H groups in total. The Balaban J connectivity index is 0. The van der Waals surface area contributed by atoms with Crippen LogP contribution in [0.1, 0.15) is 26.2 Å². The molecule has 0 saturated heterocycles. The van der Waals surface area contributed by atoms with Crippen molar-refractivity contribution in [3.05, 3.63) is 0 Å². The highest BCUT2D eigenvalue weighted by Gasteiger charge is 2.36. The van der Waals surface area contributed by atoms with E-state index in [0.29, 0.717) is 12.8 Å². The lowest BCUT2D eigenvalue weighted by molar-refractivity contribution is -0.0669. The third-order valence-electron chi connectivity index (χ3n) is 2.42. The lowest BCUT2D eigenvalue weighted by atomic mass is 9.96. The summed E-state index contributed by atoms with van der Waals surface area (Å²) in [6.07, 6.45) is -2.23. The summed E-state index contributed by atoms with van der Waals surface area (Å²) < 4.78 is 0. The summed E-state index contributed by atoms with van der Waals surface area (Å²) in [5.74, 6) is 0. The summed E-state index contributed by atoms with van der Waals surface area (Å²) in [5.41, 5.74) is -0.974. The zero-order chi connectivity index (χ0) is 9.35. The predicted molar refractivity (Wildman–Crippen MR) is 49.7 cm³/mol. The van der Waals surface area contributed by atoms with Crippen LogP contribution >= 0.6 is 0 Å². The van der Waals surface area contributed by atoms with E-state index < -0.39 is 23.9 Å². The zero-order valence-electron chi connectivity index (χ0n) is 8.14. The van der Waals surface area contributed by atoms with E-state index in [0.717, 1.165) is 0 Å². The van der Waals surface area contributed by atoms with Gasteiger partial charge in [-0.1, -0.05) is 0 Å². The summed E-state index contributed by atoms with van der Waals surface area (Å²) >= 11 is 0. The van der Waals surface area contributed by atoms with Crippen molar-refractivity contribution in [2.24, 2.45) is 0 Å². The van der Waals surface area contributed by atoms with Crippen molar-refractivity contribution < 1.29 is 31.4 Å². The fourth-order valence-corrected chi connectivity index (χ4v) is 1.56. The molecule has 1 saturated carbocycles. The second kappa shape index (κ2) is 5.59. The summed E-state index contributed by atoms with van der Waals surface area (Å²) in [4.78, 5) is 0. The highest BCUT2D eigenvalue weighted by atomic mass is 16.4. The maximum absolute atomic E-state index is 9.58. The topological polar surface area (TPSA) is 144 Å². The second-order valence-corrected chi connectivity index (χ2v) is 3.87. The van der Waals surface area contributed by atoms with Crippen LogP contribution in [-0.2, 0) is 0 Å². The molecule has 1 aliphatic carbocycles. The molecule has 14 heavy (non-hydrogen) atoms. The molecule has 4 unspecified atom stereocenters. The van der Waals surface area contributed by atoms with Gasteiger partial charge >= 0.3 is 0 Å². The van der Waals surface area contributed by atoms with E-state index in [1.165, 1.54) is 0 Å². The molecule has 0 spiro atoms. The molecular formula is C8H20O6. The Morgan fingerprint density at radius 2 is 1.57 bits per heavy atom. The van der Waals surface area contributed by atoms with Crippen LogP contribution in [0.15, 0.2) is 0 Å². The highest BCUT2D eigenvalue weighted by Crippen LogP contribution is 2.27. The monoisotopic (exact) mass is 212 g/mol. The van der Waals surface area contributed by atoms with E-state index in [9.17, 15) is 20.4 Å². The molecule has 6 heteroatoms. The fourth-order valence-electron chi connectivity index (χ4n) is 1.56. The van der Waals surface area contributed by atoms with E-state index in [4.69, 9.17) is 0 Å². The van der Waals surface area contributed by atoms with Crippen LogP contribution < -0.4 is 0 Å². The Morgan fingerprint density at radius 3 is 2.07 bits per heavy atom. The Labute approximate surface area is 82.4 Å². The summed E-state index contributed by atoms with van der Waals surface area (Å²) in [6, 6.07) is 0. The Bertz CT molecular complexity index is 160. The van der Waals surface area contributed by atoms with Gasteiger partial charge in [-0.3, -0.25) is 0 Å². The molecule has 1 fully saturated rings. The molecule has 0 aromatic rings. The molecule has 0 amide bonds. The number of aliphatic hydroxyl groups is 4. The van der Waals surface area contributed by atoms with Crippen molar-refractivity contribution in [2.45, 2.75) is 50.1 Å². The second-order valence-electron chi connectivity index (χ2n) is 3.87. The smallest absolute Gasteiger partial charge is 0.106 e. The first kappa shape index (κ1) is 16.2. The largest absolute Gasteiger partial charge is 0.412 e. The lowest BCUT2D eigenvalue weighted by Crippen LogP contribution is -2.37. The van der Waals surface area contributed by atoms with Crippen LogP contribution in [0.25, 0.3) is 0 Å². The predicted octanol–water partition coefficient (Wildman–Crippen LogP) is -2.65. The normalized spacial score (nSPS) is 43.1. The molecule has 0 aromatic heterocycles. The van der Waals surface area contributed by atoms with Gasteiger partial charge in [-0.05, 0) is 19.8 Å². The average molecular weight is 212 g/mol. The summed E-state index contributed by atoms with van der Waals surface area (Å²) in [7, 11) is 0. The van der Waals surface area contributed by atoms with Gasteiger partial charge < -0.3 is 31.4 Å². The van der Waals surface area contributed by atoms with E-state index in [1.807, 2.05) is 0 Å². The third kappa shape index (κ3) is 3.87. The number of hydrogen-bond donors (Lipinski definition) is 4. The summed E-state index contributed by atoms with van der Waals surface area (Å²) in [6.45, 7) is 1.60.